The van der Waals surface area contributed by atoms with Gasteiger partial charge in [-0.3, -0.25) is 11.3 Å². The molecule has 0 heterocycles. The van der Waals surface area contributed by atoms with Crippen LogP contribution in [-0.4, -0.2) is 11.8 Å². The van der Waals surface area contributed by atoms with E-state index in [1.54, 1.807) is 11.8 Å². The van der Waals surface area contributed by atoms with Crippen LogP contribution in [0.3, 0.4) is 0 Å². The van der Waals surface area contributed by atoms with Gasteiger partial charge in [0.05, 0.1) is 0 Å². The Balaban J connectivity index is 1.90. The molecule has 0 aliphatic heterocycles. The van der Waals surface area contributed by atoms with Crippen molar-refractivity contribution in [1.82, 2.24) is 5.43 Å². The van der Waals surface area contributed by atoms with Crippen LogP contribution in [0.15, 0.2) is 59.5 Å². The number of hydrazine groups is 1. The van der Waals surface area contributed by atoms with Crippen LogP contribution in [0.4, 0.5) is 0 Å². The van der Waals surface area contributed by atoms with Gasteiger partial charge in [-0.05, 0) is 36.2 Å². The first-order valence-corrected chi connectivity index (χ1v) is 7.52. The van der Waals surface area contributed by atoms with Crippen LogP contribution < -0.4 is 11.3 Å². The Hall–Kier alpha value is -1.00. The molecule has 0 saturated heterocycles. The zero-order valence-corrected chi connectivity index (χ0v) is 12.1. The summed E-state index contributed by atoms with van der Waals surface area (Å²) >= 11 is 7.79. The van der Waals surface area contributed by atoms with Crippen LogP contribution in [0, 0.1) is 0 Å². The molecule has 0 aromatic heterocycles. The van der Waals surface area contributed by atoms with Crippen LogP contribution in [0.5, 0.6) is 0 Å². The fourth-order valence-electron chi connectivity index (χ4n) is 1.83. The average Bonchev–Trinajstić information content (AvgIpc) is 2.44. The zero-order chi connectivity index (χ0) is 13.5. The van der Waals surface area contributed by atoms with Gasteiger partial charge < -0.3 is 0 Å². The Morgan fingerprint density at radius 1 is 1.11 bits per heavy atom. The van der Waals surface area contributed by atoms with Crippen LogP contribution in [0.2, 0.25) is 5.02 Å². The van der Waals surface area contributed by atoms with Crippen molar-refractivity contribution < 1.29 is 0 Å². The summed E-state index contributed by atoms with van der Waals surface area (Å²) in [6.45, 7) is 0. The second kappa shape index (κ2) is 7.56. The molecule has 0 amide bonds. The van der Waals surface area contributed by atoms with Gasteiger partial charge in [0.1, 0.15) is 0 Å². The van der Waals surface area contributed by atoms with Crippen LogP contribution in [-0.2, 0) is 6.42 Å². The number of halogens is 1. The molecule has 3 N–H and O–H groups in total. The third kappa shape index (κ3) is 4.88. The summed E-state index contributed by atoms with van der Waals surface area (Å²) in [6.07, 6.45) is 0.872. The van der Waals surface area contributed by atoms with Crippen LogP contribution in [0.25, 0.3) is 0 Å². The van der Waals surface area contributed by atoms with Gasteiger partial charge in [0.2, 0.25) is 0 Å². The molecule has 0 radical (unpaired) electrons. The van der Waals surface area contributed by atoms with Crippen molar-refractivity contribution in [2.45, 2.75) is 17.4 Å². The number of benzene rings is 2. The summed E-state index contributed by atoms with van der Waals surface area (Å²) in [5.41, 5.74) is 4.07. The number of nitrogens with one attached hydrogen (secondary N) is 1. The van der Waals surface area contributed by atoms with Crippen molar-refractivity contribution in [3.8, 4) is 0 Å². The van der Waals surface area contributed by atoms with E-state index in [1.807, 2.05) is 36.4 Å². The molecule has 2 aromatic carbocycles. The Morgan fingerprint density at radius 3 is 2.58 bits per heavy atom. The van der Waals surface area contributed by atoms with Crippen molar-refractivity contribution >= 4 is 23.4 Å². The van der Waals surface area contributed by atoms with Crippen LogP contribution in [0.1, 0.15) is 5.56 Å². The van der Waals surface area contributed by atoms with Gasteiger partial charge in [-0.15, -0.1) is 11.8 Å². The molecule has 100 valence electrons. The summed E-state index contributed by atoms with van der Waals surface area (Å²) in [7, 11) is 0. The number of nitrogens with two attached hydrogens (primary N) is 1. The number of rotatable bonds is 6. The zero-order valence-electron chi connectivity index (χ0n) is 10.6. The fraction of sp³-hybridized carbons (Fsp3) is 0.200. The van der Waals surface area contributed by atoms with E-state index in [1.165, 1.54) is 10.5 Å². The summed E-state index contributed by atoms with van der Waals surface area (Å²) in [5, 5.41) is 0.768. The molecule has 0 bridgehead atoms. The van der Waals surface area contributed by atoms with Gasteiger partial charge in [-0.1, -0.05) is 41.9 Å². The lowest BCUT2D eigenvalue weighted by atomic mass is 10.1. The standard InChI is InChI=1S/C15H17ClN2S/c16-13-6-4-5-12(9-13)10-14(18-17)11-19-15-7-2-1-3-8-15/h1-9,14,18H,10-11,17H2. The van der Waals surface area contributed by atoms with E-state index in [2.05, 4.69) is 23.6 Å². The minimum atomic E-state index is 0.226. The summed E-state index contributed by atoms with van der Waals surface area (Å²) in [4.78, 5) is 1.26. The van der Waals surface area contributed by atoms with Crippen LogP contribution >= 0.6 is 23.4 Å². The van der Waals surface area contributed by atoms with E-state index in [9.17, 15) is 0 Å². The third-order valence-electron chi connectivity index (χ3n) is 2.80. The SMILES string of the molecule is NNC(CSc1ccccc1)Cc1cccc(Cl)c1. The number of hydrogen-bond acceptors (Lipinski definition) is 3. The van der Waals surface area contributed by atoms with E-state index in [-0.39, 0.29) is 6.04 Å². The van der Waals surface area contributed by atoms with Gasteiger partial charge in [0.15, 0.2) is 0 Å². The number of hydrogen-bond donors (Lipinski definition) is 2. The van der Waals surface area contributed by atoms with E-state index in [0.717, 1.165) is 17.2 Å². The molecule has 0 aliphatic rings. The normalized spacial score (nSPS) is 12.3. The second-order valence-corrected chi connectivity index (χ2v) is 5.85. The smallest absolute Gasteiger partial charge is 0.0408 e. The second-order valence-electron chi connectivity index (χ2n) is 4.32. The Bertz CT molecular complexity index is 505. The van der Waals surface area contributed by atoms with Crippen molar-refractivity contribution in [3.63, 3.8) is 0 Å². The average molecular weight is 293 g/mol. The fourth-order valence-corrected chi connectivity index (χ4v) is 3.00. The lowest BCUT2D eigenvalue weighted by Gasteiger charge is -2.15. The Kier molecular flexibility index (Phi) is 5.73. The van der Waals surface area contributed by atoms with E-state index >= 15 is 0 Å². The first-order valence-electron chi connectivity index (χ1n) is 6.16. The minimum absolute atomic E-state index is 0.226. The summed E-state index contributed by atoms with van der Waals surface area (Å²) < 4.78 is 0. The molecule has 0 spiro atoms. The molecular formula is C15H17ClN2S. The largest absolute Gasteiger partial charge is 0.271 e. The van der Waals surface area contributed by atoms with Crippen molar-refractivity contribution in [1.29, 1.82) is 0 Å². The summed E-state index contributed by atoms with van der Waals surface area (Å²) in [6, 6.07) is 18.5. The molecule has 2 rings (SSSR count). The maximum atomic E-state index is 5.99. The van der Waals surface area contributed by atoms with Gasteiger partial charge >= 0.3 is 0 Å². The molecule has 1 atom stereocenters. The van der Waals surface area contributed by atoms with E-state index < -0.39 is 0 Å². The molecule has 0 fully saturated rings. The molecule has 2 nitrogen and oxygen atoms in total. The molecule has 19 heavy (non-hydrogen) atoms. The third-order valence-corrected chi connectivity index (χ3v) is 4.21. The first kappa shape index (κ1) is 14.4. The van der Waals surface area contributed by atoms with Gasteiger partial charge in [0, 0.05) is 21.7 Å². The lowest BCUT2D eigenvalue weighted by molar-refractivity contribution is 0.575. The highest BCUT2D eigenvalue weighted by atomic mass is 35.5. The molecular weight excluding hydrogens is 276 g/mol. The molecule has 0 aliphatic carbocycles. The predicted molar refractivity (Wildman–Crippen MR) is 83.4 cm³/mol. The lowest BCUT2D eigenvalue weighted by Crippen LogP contribution is -2.38. The van der Waals surface area contributed by atoms with Crippen molar-refractivity contribution in [3.05, 3.63) is 65.2 Å². The van der Waals surface area contributed by atoms with E-state index in [0.29, 0.717) is 0 Å². The maximum absolute atomic E-state index is 5.99. The highest BCUT2D eigenvalue weighted by molar-refractivity contribution is 7.99. The van der Waals surface area contributed by atoms with Gasteiger partial charge in [-0.2, -0.15) is 0 Å². The molecule has 2 aromatic rings. The van der Waals surface area contributed by atoms with E-state index in [4.69, 9.17) is 17.4 Å². The maximum Gasteiger partial charge on any atom is 0.0408 e. The Labute approximate surface area is 123 Å². The Morgan fingerprint density at radius 2 is 1.89 bits per heavy atom. The monoisotopic (exact) mass is 292 g/mol. The van der Waals surface area contributed by atoms with Crippen molar-refractivity contribution in [2.24, 2.45) is 5.84 Å². The highest BCUT2D eigenvalue weighted by Gasteiger charge is 2.08. The highest BCUT2D eigenvalue weighted by Crippen LogP contribution is 2.19. The minimum Gasteiger partial charge on any atom is -0.271 e. The molecule has 1 unspecified atom stereocenters. The van der Waals surface area contributed by atoms with Gasteiger partial charge in [0.25, 0.3) is 0 Å². The quantitative estimate of drug-likeness (QED) is 0.486. The summed E-state index contributed by atoms with van der Waals surface area (Å²) in [5.74, 6) is 6.55. The molecule has 0 saturated carbocycles. The van der Waals surface area contributed by atoms with Gasteiger partial charge in [-0.25, -0.2) is 0 Å². The van der Waals surface area contributed by atoms with Crippen molar-refractivity contribution in [2.75, 3.05) is 5.75 Å². The number of thioether (sulfide) groups is 1. The first-order chi connectivity index (χ1) is 9.28. The topological polar surface area (TPSA) is 38.0 Å². The molecule has 4 heteroatoms. The predicted octanol–water partition coefficient (Wildman–Crippen LogP) is 3.51.